The van der Waals surface area contributed by atoms with Gasteiger partial charge < -0.3 is 9.47 Å². The van der Waals surface area contributed by atoms with Crippen molar-refractivity contribution in [1.29, 1.82) is 0 Å². The van der Waals surface area contributed by atoms with Gasteiger partial charge in [-0.2, -0.15) is 0 Å². The highest BCUT2D eigenvalue weighted by Crippen LogP contribution is 2.04. The minimum atomic E-state index is -0.626. The van der Waals surface area contributed by atoms with Crippen molar-refractivity contribution in [3.05, 3.63) is 0 Å². The van der Waals surface area contributed by atoms with E-state index in [4.69, 9.17) is 9.47 Å². The van der Waals surface area contributed by atoms with Gasteiger partial charge in [0.25, 0.3) is 0 Å². The van der Waals surface area contributed by atoms with Crippen molar-refractivity contribution >= 4 is 12.2 Å². The zero-order valence-electron chi connectivity index (χ0n) is 12.1. The maximum Gasteiger partial charge on any atom is 0.419 e. The summed E-state index contributed by atoms with van der Waals surface area (Å²) in [7, 11) is 0. The Bertz CT molecular complexity index is 240. The molecule has 5 heteroatoms. The van der Waals surface area contributed by atoms with E-state index in [-0.39, 0.29) is 11.8 Å². The highest BCUT2D eigenvalue weighted by atomic mass is 16.6. The normalized spacial score (nSPS) is 10.6. The summed E-state index contributed by atoms with van der Waals surface area (Å²) in [4.78, 5) is 24.5. The maximum absolute atomic E-state index is 11.7. The maximum atomic E-state index is 11.7. The van der Waals surface area contributed by atoms with Crippen LogP contribution in [0.4, 0.5) is 9.59 Å². The Morgan fingerprint density at radius 2 is 1.33 bits per heavy atom. The Morgan fingerprint density at radius 1 is 0.944 bits per heavy atom. The van der Waals surface area contributed by atoms with Crippen molar-refractivity contribution in [1.82, 2.24) is 4.90 Å². The van der Waals surface area contributed by atoms with E-state index in [1.165, 1.54) is 0 Å². The second-order valence-electron chi connectivity index (χ2n) is 5.09. The Morgan fingerprint density at radius 3 is 1.61 bits per heavy atom. The first kappa shape index (κ1) is 16.7. The molecule has 0 aliphatic rings. The Labute approximate surface area is 109 Å². The number of ether oxygens (including phenoxy) is 2. The predicted octanol–water partition coefficient (Wildman–Crippen LogP) is 3.28. The molecule has 0 aliphatic carbocycles. The minimum absolute atomic E-state index is 0.240. The molecule has 0 heterocycles. The van der Waals surface area contributed by atoms with E-state index in [9.17, 15) is 9.59 Å². The molecule has 18 heavy (non-hydrogen) atoms. The zero-order valence-corrected chi connectivity index (χ0v) is 12.1. The lowest BCUT2D eigenvalue weighted by molar-refractivity contribution is 0.0664. The van der Waals surface area contributed by atoms with Crippen LogP contribution in [0.3, 0.4) is 0 Å². The summed E-state index contributed by atoms with van der Waals surface area (Å²) < 4.78 is 10.1. The zero-order chi connectivity index (χ0) is 14.1. The van der Waals surface area contributed by atoms with Crippen LogP contribution in [0.1, 0.15) is 41.0 Å². The second kappa shape index (κ2) is 8.78. The molecule has 0 atom stereocenters. The topological polar surface area (TPSA) is 55.8 Å². The van der Waals surface area contributed by atoms with Crippen LogP contribution in [0, 0.1) is 11.8 Å². The van der Waals surface area contributed by atoms with E-state index in [1.807, 2.05) is 34.6 Å². The summed E-state index contributed by atoms with van der Waals surface area (Å²) in [5, 5.41) is 0. The van der Waals surface area contributed by atoms with Gasteiger partial charge in [0.05, 0.1) is 13.2 Å². The summed E-state index contributed by atoms with van der Waals surface area (Å²) >= 11 is 0. The van der Waals surface area contributed by atoms with Gasteiger partial charge in [0.2, 0.25) is 0 Å². The number of hydrogen-bond donors (Lipinski definition) is 0. The smallest absolute Gasteiger partial charge is 0.419 e. The Hall–Kier alpha value is -1.26. The van der Waals surface area contributed by atoms with Crippen molar-refractivity contribution in [2.45, 2.75) is 41.0 Å². The van der Waals surface area contributed by atoms with E-state index < -0.39 is 12.2 Å². The molecule has 0 radical (unpaired) electrons. The van der Waals surface area contributed by atoms with E-state index >= 15 is 0 Å². The van der Waals surface area contributed by atoms with Crippen LogP contribution < -0.4 is 0 Å². The van der Waals surface area contributed by atoms with Crippen LogP contribution >= 0.6 is 0 Å². The Kier molecular flexibility index (Phi) is 8.16. The molecule has 0 aromatic rings. The molecule has 2 amide bonds. The molecule has 0 saturated heterocycles. The van der Waals surface area contributed by atoms with E-state index in [0.29, 0.717) is 26.2 Å². The summed E-state index contributed by atoms with van der Waals surface area (Å²) in [6.45, 7) is 10.6. The molecule has 0 fully saturated rings. The first-order chi connectivity index (χ1) is 8.38. The molecule has 0 aliphatic heterocycles. The number of imide groups is 1. The monoisotopic (exact) mass is 259 g/mol. The fourth-order valence-electron chi connectivity index (χ4n) is 1.11. The summed E-state index contributed by atoms with van der Waals surface area (Å²) in [6.07, 6.45) is -0.577. The van der Waals surface area contributed by atoms with Crippen LogP contribution in [0.15, 0.2) is 0 Å². The molecule has 0 rings (SSSR count). The van der Waals surface area contributed by atoms with Gasteiger partial charge in [0.15, 0.2) is 0 Å². The lowest BCUT2D eigenvalue weighted by Gasteiger charge is -2.20. The highest BCUT2D eigenvalue weighted by molar-refractivity contribution is 5.87. The van der Waals surface area contributed by atoms with Crippen molar-refractivity contribution in [3.8, 4) is 0 Å². The third kappa shape index (κ3) is 7.14. The number of hydrogen-bond acceptors (Lipinski definition) is 4. The SMILES string of the molecule is CCCN(C(=O)OCC(C)C)C(=O)OCC(C)C. The average molecular weight is 259 g/mol. The van der Waals surface area contributed by atoms with Crippen molar-refractivity contribution < 1.29 is 19.1 Å². The van der Waals surface area contributed by atoms with Crippen molar-refractivity contribution in [3.63, 3.8) is 0 Å². The molecule has 0 bridgehead atoms. The largest absolute Gasteiger partial charge is 0.449 e. The predicted molar refractivity (Wildman–Crippen MR) is 69.4 cm³/mol. The standard InChI is InChI=1S/C13H25NO4/c1-6-7-14(12(15)17-8-10(2)3)13(16)18-9-11(4)5/h10-11H,6-9H2,1-5H3. The number of carbonyl (C=O) groups excluding carboxylic acids is 2. The molecule has 0 N–H and O–H groups in total. The lowest BCUT2D eigenvalue weighted by Crippen LogP contribution is -2.39. The first-order valence-corrected chi connectivity index (χ1v) is 6.49. The van der Waals surface area contributed by atoms with Gasteiger partial charge in [-0.25, -0.2) is 14.5 Å². The van der Waals surface area contributed by atoms with Crippen LogP contribution in [-0.2, 0) is 9.47 Å². The lowest BCUT2D eigenvalue weighted by atomic mass is 10.2. The molecule has 0 aromatic heterocycles. The van der Waals surface area contributed by atoms with Crippen LogP contribution in [0.25, 0.3) is 0 Å². The summed E-state index contributed by atoms with van der Waals surface area (Å²) in [6, 6.07) is 0. The van der Waals surface area contributed by atoms with Crippen molar-refractivity contribution in [2.75, 3.05) is 19.8 Å². The summed E-state index contributed by atoms with van der Waals surface area (Å²) in [5.41, 5.74) is 0. The van der Waals surface area contributed by atoms with E-state index in [1.54, 1.807) is 0 Å². The van der Waals surface area contributed by atoms with Gasteiger partial charge in [-0.3, -0.25) is 0 Å². The molecule has 106 valence electrons. The van der Waals surface area contributed by atoms with E-state index in [2.05, 4.69) is 0 Å². The third-order valence-corrected chi connectivity index (χ3v) is 1.97. The number of nitrogens with zero attached hydrogens (tertiary/aromatic N) is 1. The van der Waals surface area contributed by atoms with Crippen LogP contribution in [-0.4, -0.2) is 36.8 Å². The minimum Gasteiger partial charge on any atom is -0.449 e. The fourth-order valence-corrected chi connectivity index (χ4v) is 1.11. The number of amides is 2. The van der Waals surface area contributed by atoms with Gasteiger partial charge in [-0.15, -0.1) is 0 Å². The average Bonchev–Trinajstić information content (AvgIpc) is 2.29. The molecule has 0 spiro atoms. The van der Waals surface area contributed by atoms with Gasteiger partial charge >= 0.3 is 12.2 Å². The van der Waals surface area contributed by atoms with Crippen LogP contribution in [0.5, 0.6) is 0 Å². The Balaban J connectivity index is 4.34. The molecule has 5 nitrogen and oxygen atoms in total. The van der Waals surface area contributed by atoms with Crippen molar-refractivity contribution in [2.24, 2.45) is 11.8 Å². The molecule has 0 aromatic carbocycles. The van der Waals surface area contributed by atoms with Gasteiger partial charge in [0, 0.05) is 6.54 Å². The van der Waals surface area contributed by atoms with Gasteiger partial charge in [-0.05, 0) is 18.3 Å². The second-order valence-corrected chi connectivity index (χ2v) is 5.09. The summed E-state index contributed by atoms with van der Waals surface area (Å²) in [5.74, 6) is 0.480. The van der Waals surface area contributed by atoms with Gasteiger partial charge in [-0.1, -0.05) is 34.6 Å². The van der Waals surface area contributed by atoms with Crippen LogP contribution in [0.2, 0.25) is 0 Å². The first-order valence-electron chi connectivity index (χ1n) is 6.49. The molecular formula is C13H25NO4. The molecule has 0 unspecified atom stereocenters. The molecule has 0 saturated carbocycles. The molecular weight excluding hydrogens is 234 g/mol. The quantitative estimate of drug-likeness (QED) is 0.734. The third-order valence-electron chi connectivity index (χ3n) is 1.97. The van der Waals surface area contributed by atoms with Gasteiger partial charge in [0.1, 0.15) is 0 Å². The number of rotatable bonds is 6. The number of carbonyl (C=O) groups is 2. The fraction of sp³-hybridized carbons (Fsp3) is 0.846. The highest BCUT2D eigenvalue weighted by Gasteiger charge is 2.23. The van der Waals surface area contributed by atoms with E-state index in [0.717, 1.165) is 4.90 Å².